The molecule has 0 N–H and O–H groups in total. The van der Waals surface area contributed by atoms with Crippen LogP contribution < -0.4 is 4.74 Å². The van der Waals surface area contributed by atoms with Crippen molar-refractivity contribution in [1.29, 1.82) is 0 Å². The maximum Gasteiger partial charge on any atom is 0.123 e. The van der Waals surface area contributed by atoms with Crippen LogP contribution in [-0.4, -0.2) is 10.8 Å². The van der Waals surface area contributed by atoms with E-state index < -0.39 is 10.8 Å². The summed E-state index contributed by atoms with van der Waals surface area (Å²) in [6.07, 6.45) is 0. The third kappa shape index (κ3) is 4.14. The first-order chi connectivity index (χ1) is 10.1. The van der Waals surface area contributed by atoms with Crippen LogP contribution in [0.4, 0.5) is 4.39 Å². The maximum atomic E-state index is 12.9. The van der Waals surface area contributed by atoms with Crippen molar-refractivity contribution < 1.29 is 13.3 Å². The minimum atomic E-state index is -1.09. The molecule has 0 aliphatic carbocycles. The molecule has 0 unspecified atom stereocenters. The maximum absolute atomic E-state index is 12.9. The lowest BCUT2D eigenvalue weighted by Gasteiger charge is -2.14. The smallest absolute Gasteiger partial charge is 0.123 e. The van der Waals surface area contributed by atoms with Crippen LogP contribution >= 0.6 is 0 Å². The zero-order valence-electron chi connectivity index (χ0n) is 12.2. The first-order valence-electron chi connectivity index (χ1n) is 6.95. The van der Waals surface area contributed by atoms with Gasteiger partial charge < -0.3 is 4.74 Å². The van der Waals surface area contributed by atoms with Gasteiger partial charge in [0.05, 0.1) is 17.6 Å². The molecule has 4 heteroatoms. The molecule has 2 rings (SSSR count). The van der Waals surface area contributed by atoms with E-state index in [-0.39, 0.29) is 11.1 Å². The molecule has 2 atom stereocenters. The zero-order chi connectivity index (χ0) is 15.2. The summed E-state index contributed by atoms with van der Waals surface area (Å²) < 4.78 is 31.0. The van der Waals surface area contributed by atoms with Crippen LogP contribution in [0.2, 0.25) is 0 Å². The molecule has 0 bridgehead atoms. The Labute approximate surface area is 127 Å². The summed E-state index contributed by atoms with van der Waals surface area (Å²) in [5.41, 5.74) is 1.82. The van der Waals surface area contributed by atoms with Gasteiger partial charge in [-0.25, -0.2) is 4.39 Å². The fourth-order valence-electron chi connectivity index (χ4n) is 2.08. The minimum absolute atomic E-state index is 0.153. The SMILES string of the molecule is CCOc1ccccc1C[S@](=O)[C@@H](C)c1ccc(F)cc1. The van der Waals surface area contributed by atoms with E-state index in [1.807, 2.05) is 38.1 Å². The summed E-state index contributed by atoms with van der Waals surface area (Å²) >= 11 is 0. The quantitative estimate of drug-likeness (QED) is 0.798. The van der Waals surface area contributed by atoms with Crippen LogP contribution in [0.25, 0.3) is 0 Å². The van der Waals surface area contributed by atoms with E-state index in [1.165, 1.54) is 12.1 Å². The summed E-state index contributed by atoms with van der Waals surface area (Å²) in [4.78, 5) is 0. The van der Waals surface area contributed by atoms with Crippen molar-refractivity contribution in [3.8, 4) is 5.75 Å². The van der Waals surface area contributed by atoms with E-state index in [0.29, 0.717) is 12.4 Å². The van der Waals surface area contributed by atoms with Gasteiger partial charge in [-0.05, 0) is 37.6 Å². The molecule has 2 aromatic rings. The molecule has 2 aromatic carbocycles. The normalized spacial score (nSPS) is 13.7. The van der Waals surface area contributed by atoms with Crippen molar-refractivity contribution in [3.05, 3.63) is 65.5 Å². The Morgan fingerprint density at radius 2 is 1.81 bits per heavy atom. The highest BCUT2D eigenvalue weighted by Crippen LogP contribution is 2.26. The summed E-state index contributed by atoms with van der Waals surface area (Å²) in [6.45, 7) is 4.40. The largest absolute Gasteiger partial charge is 0.494 e. The standard InChI is InChI=1S/C17H19FO2S/c1-3-20-17-7-5-4-6-15(17)12-21(19)13(2)14-8-10-16(18)11-9-14/h4-11,13H,3,12H2,1-2H3/t13-,21-/m0/s1. The van der Waals surface area contributed by atoms with Gasteiger partial charge in [0.25, 0.3) is 0 Å². The molecule has 0 amide bonds. The van der Waals surface area contributed by atoms with Crippen molar-refractivity contribution in [2.24, 2.45) is 0 Å². The van der Waals surface area contributed by atoms with Gasteiger partial charge in [-0.1, -0.05) is 30.3 Å². The minimum Gasteiger partial charge on any atom is -0.494 e. The molecule has 21 heavy (non-hydrogen) atoms. The monoisotopic (exact) mass is 306 g/mol. The van der Waals surface area contributed by atoms with Gasteiger partial charge >= 0.3 is 0 Å². The number of halogens is 1. The van der Waals surface area contributed by atoms with Gasteiger partial charge in [0.1, 0.15) is 11.6 Å². The molecule has 0 saturated heterocycles. The van der Waals surface area contributed by atoms with Crippen LogP contribution in [0.15, 0.2) is 48.5 Å². The van der Waals surface area contributed by atoms with Gasteiger partial charge in [-0.15, -0.1) is 0 Å². The van der Waals surface area contributed by atoms with Crippen molar-refractivity contribution in [2.45, 2.75) is 24.9 Å². The first kappa shape index (κ1) is 15.7. The van der Waals surface area contributed by atoms with Crippen LogP contribution in [0.5, 0.6) is 5.75 Å². The topological polar surface area (TPSA) is 26.3 Å². The van der Waals surface area contributed by atoms with Gasteiger partial charge in [-0.3, -0.25) is 4.21 Å². The molecule has 0 aliphatic rings. The van der Waals surface area contributed by atoms with Crippen LogP contribution in [0.3, 0.4) is 0 Å². The lowest BCUT2D eigenvalue weighted by Crippen LogP contribution is -2.07. The Hall–Kier alpha value is -1.68. The molecular formula is C17H19FO2S. The number of benzene rings is 2. The Bertz CT molecular complexity index is 610. The van der Waals surface area contributed by atoms with Crippen molar-refractivity contribution in [3.63, 3.8) is 0 Å². The Kier molecular flexibility index (Phi) is 5.51. The molecule has 0 aromatic heterocycles. The molecule has 0 spiro atoms. The van der Waals surface area contributed by atoms with E-state index in [1.54, 1.807) is 12.1 Å². The summed E-state index contributed by atoms with van der Waals surface area (Å²) in [6, 6.07) is 13.8. The molecule has 2 nitrogen and oxygen atoms in total. The fourth-order valence-corrected chi connectivity index (χ4v) is 3.34. The lowest BCUT2D eigenvalue weighted by molar-refractivity contribution is 0.337. The molecule has 0 fully saturated rings. The van der Waals surface area contributed by atoms with E-state index in [2.05, 4.69) is 0 Å². The van der Waals surface area contributed by atoms with Crippen LogP contribution in [0.1, 0.15) is 30.2 Å². The van der Waals surface area contributed by atoms with Crippen molar-refractivity contribution in [1.82, 2.24) is 0 Å². The number of rotatable bonds is 6. The Morgan fingerprint density at radius 1 is 1.14 bits per heavy atom. The second kappa shape index (κ2) is 7.36. The third-order valence-corrected chi connectivity index (χ3v) is 4.96. The highest BCUT2D eigenvalue weighted by molar-refractivity contribution is 7.84. The average molecular weight is 306 g/mol. The number of para-hydroxylation sites is 1. The van der Waals surface area contributed by atoms with E-state index >= 15 is 0 Å². The number of hydrogen-bond donors (Lipinski definition) is 0. The predicted molar refractivity (Wildman–Crippen MR) is 84.3 cm³/mol. The summed E-state index contributed by atoms with van der Waals surface area (Å²) in [5, 5.41) is -0.153. The highest BCUT2D eigenvalue weighted by Gasteiger charge is 2.16. The summed E-state index contributed by atoms with van der Waals surface area (Å²) in [5.74, 6) is 0.924. The molecule has 0 saturated carbocycles. The number of ether oxygens (including phenoxy) is 1. The number of hydrogen-bond acceptors (Lipinski definition) is 2. The van der Waals surface area contributed by atoms with Crippen molar-refractivity contribution >= 4 is 10.8 Å². The lowest BCUT2D eigenvalue weighted by atomic mass is 10.2. The van der Waals surface area contributed by atoms with Crippen LogP contribution in [0, 0.1) is 5.82 Å². The molecule has 0 heterocycles. The molecule has 0 aliphatic heterocycles. The second-order valence-electron chi connectivity index (χ2n) is 4.76. The van der Waals surface area contributed by atoms with E-state index in [9.17, 15) is 8.60 Å². The van der Waals surface area contributed by atoms with E-state index in [4.69, 9.17) is 4.74 Å². The fraction of sp³-hybridized carbons (Fsp3) is 0.294. The average Bonchev–Trinajstić information content (AvgIpc) is 2.49. The van der Waals surface area contributed by atoms with Gasteiger partial charge in [0, 0.05) is 16.4 Å². The van der Waals surface area contributed by atoms with Gasteiger partial charge in [-0.2, -0.15) is 0 Å². The second-order valence-corrected chi connectivity index (χ2v) is 6.52. The highest BCUT2D eigenvalue weighted by atomic mass is 32.2. The Balaban J connectivity index is 2.12. The zero-order valence-corrected chi connectivity index (χ0v) is 13.0. The third-order valence-electron chi connectivity index (χ3n) is 3.30. The Morgan fingerprint density at radius 3 is 2.48 bits per heavy atom. The van der Waals surface area contributed by atoms with Crippen molar-refractivity contribution in [2.75, 3.05) is 6.61 Å². The first-order valence-corrected chi connectivity index (χ1v) is 8.33. The van der Waals surface area contributed by atoms with Crippen LogP contribution in [-0.2, 0) is 16.6 Å². The van der Waals surface area contributed by atoms with E-state index in [0.717, 1.165) is 16.9 Å². The molecular weight excluding hydrogens is 287 g/mol. The predicted octanol–water partition coefficient (Wildman–Crippen LogP) is 4.23. The molecule has 112 valence electrons. The van der Waals surface area contributed by atoms with Gasteiger partial charge in [0.15, 0.2) is 0 Å². The molecule has 0 radical (unpaired) electrons. The summed E-state index contributed by atoms with van der Waals surface area (Å²) in [7, 11) is -1.09. The van der Waals surface area contributed by atoms with Gasteiger partial charge in [0.2, 0.25) is 0 Å².